The number of hydrogen-bond donors (Lipinski definition) is 0. The lowest BCUT2D eigenvalue weighted by molar-refractivity contribution is -0.104. The second-order valence-corrected chi connectivity index (χ2v) is 3.16. The van der Waals surface area contributed by atoms with Crippen LogP contribution in [0.15, 0.2) is 42.0 Å². The standard InChI is InChI=1S/C13H14O2/c1-11(10-14)4-3-5-12-6-8-13(15-2)9-7-12/h3-10H,1-2H3/b5-3+,11-4+. The topological polar surface area (TPSA) is 26.3 Å². The van der Waals surface area contributed by atoms with E-state index in [0.29, 0.717) is 5.57 Å². The first-order valence-corrected chi connectivity index (χ1v) is 4.70. The summed E-state index contributed by atoms with van der Waals surface area (Å²) in [6.45, 7) is 1.77. The quantitative estimate of drug-likeness (QED) is 0.426. The number of hydrogen-bond acceptors (Lipinski definition) is 2. The number of aldehydes is 1. The van der Waals surface area contributed by atoms with Gasteiger partial charge in [-0.25, -0.2) is 0 Å². The van der Waals surface area contributed by atoms with E-state index in [1.165, 1.54) is 0 Å². The molecule has 0 N–H and O–H groups in total. The summed E-state index contributed by atoms with van der Waals surface area (Å²) in [4.78, 5) is 10.3. The Morgan fingerprint density at radius 1 is 1.27 bits per heavy atom. The van der Waals surface area contributed by atoms with Crippen molar-refractivity contribution in [2.75, 3.05) is 7.11 Å². The second kappa shape index (κ2) is 5.81. The van der Waals surface area contributed by atoms with Crippen molar-refractivity contribution in [2.45, 2.75) is 6.92 Å². The van der Waals surface area contributed by atoms with E-state index in [1.807, 2.05) is 36.4 Å². The summed E-state index contributed by atoms with van der Waals surface area (Å²) in [7, 11) is 1.64. The molecule has 0 unspecified atom stereocenters. The highest BCUT2D eigenvalue weighted by molar-refractivity contribution is 5.73. The molecule has 0 fully saturated rings. The van der Waals surface area contributed by atoms with Crippen LogP contribution in [0.1, 0.15) is 12.5 Å². The van der Waals surface area contributed by atoms with E-state index in [4.69, 9.17) is 4.74 Å². The number of rotatable bonds is 4. The normalized spacial score (nSPS) is 11.7. The molecule has 78 valence electrons. The molecule has 15 heavy (non-hydrogen) atoms. The van der Waals surface area contributed by atoms with Crippen LogP contribution in [-0.2, 0) is 4.79 Å². The zero-order valence-corrected chi connectivity index (χ0v) is 8.94. The summed E-state index contributed by atoms with van der Waals surface area (Å²) in [5, 5.41) is 0. The van der Waals surface area contributed by atoms with Crippen LogP contribution in [0.2, 0.25) is 0 Å². The van der Waals surface area contributed by atoms with E-state index in [-0.39, 0.29) is 0 Å². The van der Waals surface area contributed by atoms with Gasteiger partial charge in [0, 0.05) is 0 Å². The summed E-state index contributed by atoms with van der Waals surface area (Å²) in [6, 6.07) is 7.71. The zero-order chi connectivity index (χ0) is 11.1. The highest BCUT2D eigenvalue weighted by atomic mass is 16.5. The average molecular weight is 202 g/mol. The monoisotopic (exact) mass is 202 g/mol. The Morgan fingerprint density at radius 3 is 2.47 bits per heavy atom. The third kappa shape index (κ3) is 3.81. The molecule has 0 spiro atoms. The maximum absolute atomic E-state index is 10.3. The summed E-state index contributed by atoms with van der Waals surface area (Å²) < 4.78 is 5.05. The number of carbonyl (C=O) groups is 1. The van der Waals surface area contributed by atoms with E-state index in [9.17, 15) is 4.79 Å². The molecule has 1 aromatic carbocycles. The van der Waals surface area contributed by atoms with Crippen LogP contribution in [0.5, 0.6) is 5.75 Å². The first-order chi connectivity index (χ1) is 7.26. The molecule has 1 rings (SSSR count). The lowest BCUT2D eigenvalue weighted by Crippen LogP contribution is -1.81. The van der Waals surface area contributed by atoms with Gasteiger partial charge in [-0.15, -0.1) is 0 Å². The second-order valence-electron chi connectivity index (χ2n) is 3.16. The fraction of sp³-hybridized carbons (Fsp3) is 0.154. The van der Waals surface area contributed by atoms with Gasteiger partial charge < -0.3 is 4.74 Å². The Bertz CT molecular complexity index is 372. The first kappa shape index (κ1) is 11.2. The Morgan fingerprint density at radius 2 is 1.93 bits per heavy atom. The van der Waals surface area contributed by atoms with Crippen molar-refractivity contribution in [3.8, 4) is 5.75 Å². The number of allylic oxidation sites excluding steroid dienone is 3. The molecule has 0 amide bonds. The molecular weight excluding hydrogens is 188 g/mol. The molecule has 2 nitrogen and oxygen atoms in total. The predicted molar refractivity (Wildman–Crippen MR) is 61.8 cm³/mol. The van der Waals surface area contributed by atoms with Crippen LogP contribution < -0.4 is 4.74 Å². The molecule has 0 saturated heterocycles. The van der Waals surface area contributed by atoms with Crippen LogP contribution in [0.4, 0.5) is 0 Å². The lowest BCUT2D eigenvalue weighted by atomic mass is 10.2. The van der Waals surface area contributed by atoms with E-state index in [2.05, 4.69) is 0 Å². The smallest absolute Gasteiger partial charge is 0.145 e. The average Bonchev–Trinajstić information content (AvgIpc) is 2.29. The molecule has 0 aliphatic rings. The molecule has 1 aromatic rings. The molecule has 0 aliphatic heterocycles. The summed E-state index contributed by atoms with van der Waals surface area (Å²) in [5.74, 6) is 0.840. The molecule has 2 heteroatoms. The van der Waals surface area contributed by atoms with Crippen molar-refractivity contribution in [1.29, 1.82) is 0 Å². The third-order valence-electron chi connectivity index (χ3n) is 1.95. The fourth-order valence-corrected chi connectivity index (χ4v) is 1.07. The maximum Gasteiger partial charge on any atom is 0.145 e. The van der Waals surface area contributed by atoms with Crippen molar-refractivity contribution in [3.05, 3.63) is 47.6 Å². The van der Waals surface area contributed by atoms with Gasteiger partial charge in [0.1, 0.15) is 12.0 Å². The largest absolute Gasteiger partial charge is 0.497 e. The fourth-order valence-electron chi connectivity index (χ4n) is 1.07. The first-order valence-electron chi connectivity index (χ1n) is 4.70. The molecular formula is C13H14O2. The molecule has 0 atom stereocenters. The minimum absolute atomic E-state index is 0.708. The Hall–Kier alpha value is -1.83. The van der Waals surface area contributed by atoms with Gasteiger partial charge in [-0.05, 0) is 30.2 Å². The van der Waals surface area contributed by atoms with Crippen LogP contribution in [-0.4, -0.2) is 13.4 Å². The SMILES string of the molecule is COc1ccc(/C=C/C=C(\C)C=O)cc1. The van der Waals surface area contributed by atoms with Gasteiger partial charge in [-0.3, -0.25) is 4.79 Å². The van der Waals surface area contributed by atoms with Crippen LogP contribution in [0.3, 0.4) is 0 Å². The molecule has 0 bridgehead atoms. The Labute approximate surface area is 89.9 Å². The Balaban J connectivity index is 2.68. The maximum atomic E-state index is 10.3. The molecule has 0 aliphatic carbocycles. The van der Waals surface area contributed by atoms with Gasteiger partial charge >= 0.3 is 0 Å². The van der Waals surface area contributed by atoms with Gasteiger partial charge in [0.15, 0.2) is 0 Å². The number of benzene rings is 1. The zero-order valence-electron chi connectivity index (χ0n) is 8.94. The van der Waals surface area contributed by atoms with Crippen molar-refractivity contribution >= 4 is 12.4 Å². The van der Waals surface area contributed by atoms with E-state index < -0.39 is 0 Å². The molecule has 0 radical (unpaired) electrons. The third-order valence-corrected chi connectivity index (χ3v) is 1.95. The highest BCUT2D eigenvalue weighted by Gasteiger charge is 1.89. The van der Waals surface area contributed by atoms with Gasteiger partial charge in [0.05, 0.1) is 7.11 Å². The van der Waals surface area contributed by atoms with E-state index >= 15 is 0 Å². The van der Waals surface area contributed by atoms with Crippen LogP contribution in [0.25, 0.3) is 6.08 Å². The van der Waals surface area contributed by atoms with Crippen molar-refractivity contribution in [3.63, 3.8) is 0 Å². The minimum Gasteiger partial charge on any atom is -0.497 e. The highest BCUT2D eigenvalue weighted by Crippen LogP contribution is 2.12. The van der Waals surface area contributed by atoms with Gasteiger partial charge in [0.2, 0.25) is 0 Å². The lowest BCUT2D eigenvalue weighted by Gasteiger charge is -1.98. The number of carbonyl (C=O) groups excluding carboxylic acids is 1. The molecule has 0 heterocycles. The van der Waals surface area contributed by atoms with E-state index in [0.717, 1.165) is 17.6 Å². The van der Waals surface area contributed by atoms with Gasteiger partial charge in [0.25, 0.3) is 0 Å². The number of ether oxygens (including phenoxy) is 1. The minimum atomic E-state index is 0.708. The van der Waals surface area contributed by atoms with E-state index in [1.54, 1.807) is 20.1 Å². The number of methoxy groups -OCH3 is 1. The Kier molecular flexibility index (Phi) is 4.35. The van der Waals surface area contributed by atoms with Crippen LogP contribution in [0, 0.1) is 0 Å². The molecule has 0 saturated carbocycles. The van der Waals surface area contributed by atoms with Crippen molar-refractivity contribution in [2.24, 2.45) is 0 Å². The van der Waals surface area contributed by atoms with Gasteiger partial charge in [-0.1, -0.05) is 30.4 Å². The van der Waals surface area contributed by atoms with Crippen molar-refractivity contribution < 1.29 is 9.53 Å². The molecule has 0 aromatic heterocycles. The summed E-state index contributed by atoms with van der Waals surface area (Å²) in [5.41, 5.74) is 1.78. The summed E-state index contributed by atoms with van der Waals surface area (Å²) in [6.07, 6.45) is 6.40. The van der Waals surface area contributed by atoms with Crippen molar-refractivity contribution in [1.82, 2.24) is 0 Å². The summed E-state index contributed by atoms with van der Waals surface area (Å²) >= 11 is 0. The van der Waals surface area contributed by atoms with Gasteiger partial charge in [-0.2, -0.15) is 0 Å². The van der Waals surface area contributed by atoms with Crippen LogP contribution >= 0.6 is 0 Å². The predicted octanol–water partition coefficient (Wildman–Crippen LogP) is 2.85.